The van der Waals surface area contributed by atoms with Gasteiger partial charge in [0.15, 0.2) is 16.6 Å². The Morgan fingerprint density at radius 2 is 2.40 bits per heavy atom. The van der Waals surface area contributed by atoms with Gasteiger partial charge in [0, 0.05) is 18.2 Å². The van der Waals surface area contributed by atoms with E-state index in [1.165, 1.54) is 0 Å². The van der Waals surface area contributed by atoms with Gasteiger partial charge in [0.2, 0.25) is 0 Å². The fraction of sp³-hybridized carbons (Fsp3) is 0.200. The largest absolute Gasteiger partial charge is 0.441 e. The second kappa shape index (κ2) is 3.86. The van der Waals surface area contributed by atoms with E-state index in [1.807, 2.05) is 25.1 Å². The highest BCUT2D eigenvalue weighted by Crippen LogP contribution is 2.20. The van der Waals surface area contributed by atoms with Crippen LogP contribution in [0.5, 0.6) is 0 Å². The number of hydrogen-bond acceptors (Lipinski definition) is 3. The number of nitrogens with one attached hydrogen (secondary N) is 1. The van der Waals surface area contributed by atoms with E-state index < -0.39 is 0 Å². The Morgan fingerprint density at radius 3 is 3.07 bits per heavy atom. The lowest BCUT2D eigenvalue weighted by atomic mass is 10.3. The van der Waals surface area contributed by atoms with E-state index in [0.29, 0.717) is 0 Å². The molecule has 2 rings (SSSR count). The highest BCUT2D eigenvalue weighted by molar-refractivity contribution is 7.80. The van der Waals surface area contributed by atoms with Crippen LogP contribution in [0.3, 0.4) is 0 Å². The molecule has 4 nitrogen and oxygen atoms in total. The number of nitrogens with zero attached hydrogens (tertiary/aromatic N) is 1. The Hall–Kier alpha value is -1.62. The van der Waals surface area contributed by atoms with Crippen LogP contribution < -0.4 is 11.1 Å². The average molecular weight is 221 g/mol. The molecule has 0 unspecified atom stereocenters. The van der Waals surface area contributed by atoms with Crippen molar-refractivity contribution in [1.82, 2.24) is 4.98 Å². The number of benzene rings is 1. The summed E-state index contributed by atoms with van der Waals surface area (Å²) in [7, 11) is 0. The minimum atomic E-state index is 0.240. The van der Waals surface area contributed by atoms with Crippen LogP contribution in [-0.2, 0) is 6.42 Å². The molecule has 15 heavy (non-hydrogen) atoms. The highest BCUT2D eigenvalue weighted by Gasteiger charge is 2.04. The number of oxazole rings is 1. The van der Waals surface area contributed by atoms with Gasteiger partial charge in [-0.15, -0.1) is 0 Å². The van der Waals surface area contributed by atoms with E-state index in [2.05, 4.69) is 10.3 Å². The summed E-state index contributed by atoms with van der Waals surface area (Å²) in [5, 5.41) is 3.09. The maximum atomic E-state index is 5.50. The molecule has 0 radical (unpaired) electrons. The number of aromatic nitrogens is 1. The number of aryl methyl sites for hydroxylation is 1. The van der Waals surface area contributed by atoms with Crippen molar-refractivity contribution < 1.29 is 4.42 Å². The summed E-state index contributed by atoms with van der Waals surface area (Å²) in [5.74, 6) is 0.734. The lowest BCUT2D eigenvalue weighted by molar-refractivity contribution is 0.538. The first-order valence-electron chi connectivity index (χ1n) is 4.65. The van der Waals surface area contributed by atoms with E-state index in [0.717, 1.165) is 29.1 Å². The standard InChI is InChI=1S/C10H11N3OS/c1-2-9-13-7-4-3-6(12-10(11)15)5-8(7)14-9/h3-5H,2H2,1H3,(H3,11,12,15). The van der Waals surface area contributed by atoms with E-state index >= 15 is 0 Å². The summed E-state index contributed by atoms with van der Waals surface area (Å²) in [6, 6.07) is 5.57. The van der Waals surface area contributed by atoms with E-state index in [1.54, 1.807) is 0 Å². The quantitative estimate of drug-likeness (QED) is 0.760. The lowest BCUT2D eigenvalue weighted by Crippen LogP contribution is -2.18. The molecule has 1 aromatic carbocycles. The Kier molecular flexibility index (Phi) is 2.55. The molecule has 78 valence electrons. The molecule has 0 fully saturated rings. The Balaban J connectivity index is 2.41. The molecule has 0 atom stereocenters. The van der Waals surface area contributed by atoms with Crippen LogP contribution in [0.15, 0.2) is 22.6 Å². The van der Waals surface area contributed by atoms with Gasteiger partial charge in [-0.1, -0.05) is 6.92 Å². The monoisotopic (exact) mass is 221 g/mol. The first-order valence-corrected chi connectivity index (χ1v) is 5.06. The number of rotatable bonds is 2. The van der Waals surface area contributed by atoms with Gasteiger partial charge < -0.3 is 15.5 Å². The maximum Gasteiger partial charge on any atom is 0.195 e. The summed E-state index contributed by atoms with van der Waals surface area (Å²) in [6.45, 7) is 2.00. The van der Waals surface area contributed by atoms with Gasteiger partial charge in [0.25, 0.3) is 0 Å². The summed E-state index contributed by atoms with van der Waals surface area (Å²) in [6.07, 6.45) is 0.784. The van der Waals surface area contributed by atoms with Crippen molar-refractivity contribution in [3.63, 3.8) is 0 Å². The minimum Gasteiger partial charge on any atom is -0.441 e. The molecular weight excluding hydrogens is 210 g/mol. The Morgan fingerprint density at radius 1 is 1.60 bits per heavy atom. The summed E-state index contributed by atoms with van der Waals surface area (Å²) < 4.78 is 5.50. The van der Waals surface area contributed by atoms with Gasteiger partial charge in [-0.05, 0) is 24.4 Å². The first-order chi connectivity index (χ1) is 7.19. The number of thiocarbonyl (C=S) groups is 1. The van der Waals surface area contributed by atoms with Crippen molar-refractivity contribution in [2.24, 2.45) is 5.73 Å². The zero-order chi connectivity index (χ0) is 10.8. The molecule has 0 aliphatic rings. The smallest absolute Gasteiger partial charge is 0.195 e. The SMILES string of the molecule is CCc1nc2ccc(NC(N)=S)cc2o1. The average Bonchev–Trinajstić information content (AvgIpc) is 2.58. The molecule has 5 heteroatoms. The molecule has 0 saturated heterocycles. The Labute approximate surface area is 92.5 Å². The van der Waals surface area contributed by atoms with Crippen LogP contribution >= 0.6 is 12.2 Å². The molecular formula is C10H11N3OS. The van der Waals surface area contributed by atoms with Crippen LogP contribution in [0, 0.1) is 0 Å². The molecule has 0 saturated carbocycles. The predicted octanol–water partition coefficient (Wildman–Crippen LogP) is 2.05. The van der Waals surface area contributed by atoms with E-state index in [9.17, 15) is 0 Å². The zero-order valence-electron chi connectivity index (χ0n) is 8.28. The van der Waals surface area contributed by atoms with E-state index in [-0.39, 0.29) is 5.11 Å². The van der Waals surface area contributed by atoms with Gasteiger partial charge in [-0.3, -0.25) is 0 Å². The number of nitrogens with two attached hydrogens (primary N) is 1. The number of anilines is 1. The highest BCUT2D eigenvalue weighted by atomic mass is 32.1. The molecule has 0 bridgehead atoms. The predicted molar refractivity (Wildman–Crippen MR) is 63.8 cm³/mol. The van der Waals surface area contributed by atoms with Crippen LogP contribution in [0.1, 0.15) is 12.8 Å². The lowest BCUT2D eigenvalue weighted by Gasteiger charge is -2.01. The second-order valence-electron chi connectivity index (χ2n) is 3.13. The van der Waals surface area contributed by atoms with Gasteiger partial charge in [-0.2, -0.15) is 0 Å². The topological polar surface area (TPSA) is 64.1 Å². The first kappa shape index (κ1) is 9.92. The van der Waals surface area contributed by atoms with Crippen molar-refractivity contribution in [1.29, 1.82) is 0 Å². The summed E-state index contributed by atoms with van der Waals surface area (Å²) in [4.78, 5) is 4.29. The van der Waals surface area contributed by atoms with Crippen LogP contribution in [0.4, 0.5) is 5.69 Å². The molecule has 0 aliphatic heterocycles. The molecule has 3 N–H and O–H groups in total. The third-order valence-electron chi connectivity index (χ3n) is 2.00. The van der Waals surface area contributed by atoms with E-state index in [4.69, 9.17) is 22.4 Å². The molecule has 1 aromatic heterocycles. The van der Waals surface area contributed by atoms with Crippen LogP contribution in [-0.4, -0.2) is 10.1 Å². The molecule has 1 heterocycles. The summed E-state index contributed by atoms with van der Waals surface area (Å²) in [5.41, 5.74) is 7.78. The van der Waals surface area contributed by atoms with Gasteiger partial charge in [0.05, 0.1) is 0 Å². The molecule has 0 aliphatic carbocycles. The Bertz CT molecular complexity index is 506. The van der Waals surface area contributed by atoms with Gasteiger partial charge >= 0.3 is 0 Å². The molecule has 0 amide bonds. The van der Waals surface area contributed by atoms with Gasteiger partial charge in [-0.25, -0.2) is 4.98 Å². The third-order valence-corrected chi connectivity index (χ3v) is 2.10. The number of hydrogen-bond donors (Lipinski definition) is 2. The zero-order valence-corrected chi connectivity index (χ0v) is 9.10. The van der Waals surface area contributed by atoms with Crippen molar-refractivity contribution >= 4 is 34.1 Å². The minimum absolute atomic E-state index is 0.240. The van der Waals surface area contributed by atoms with Crippen molar-refractivity contribution in [3.05, 3.63) is 24.1 Å². The molecule has 0 spiro atoms. The van der Waals surface area contributed by atoms with Crippen LogP contribution in [0.2, 0.25) is 0 Å². The third kappa shape index (κ3) is 2.07. The summed E-state index contributed by atoms with van der Waals surface area (Å²) >= 11 is 4.75. The normalized spacial score (nSPS) is 10.5. The van der Waals surface area contributed by atoms with Gasteiger partial charge in [0.1, 0.15) is 5.52 Å². The van der Waals surface area contributed by atoms with Crippen molar-refractivity contribution in [3.8, 4) is 0 Å². The van der Waals surface area contributed by atoms with Crippen LogP contribution in [0.25, 0.3) is 11.1 Å². The number of fused-ring (bicyclic) bond motifs is 1. The molecule has 2 aromatic rings. The van der Waals surface area contributed by atoms with Crippen molar-refractivity contribution in [2.75, 3.05) is 5.32 Å². The fourth-order valence-electron chi connectivity index (χ4n) is 1.34. The maximum absolute atomic E-state index is 5.50. The fourth-order valence-corrected chi connectivity index (χ4v) is 1.46. The van der Waals surface area contributed by atoms with Crippen molar-refractivity contribution in [2.45, 2.75) is 13.3 Å². The second-order valence-corrected chi connectivity index (χ2v) is 3.57.